The Balaban J connectivity index is 1.64. The lowest BCUT2D eigenvalue weighted by molar-refractivity contribution is 0.188. The number of fused-ring (bicyclic) bond motifs is 1. The predicted octanol–water partition coefficient (Wildman–Crippen LogP) is 3.26. The quantitative estimate of drug-likeness (QED) is 0.853. The zero-order chi connectivity index (χ0) is 19.4. The van der Waals surface area contributed by atoms with E-state index in [4.69, 9.17) is 4.74 Å². The number of nitrogens with zero attached hydrogens (tertiary/aromatic N) is 1. The number of urea groups is 1. The van der Waals surface area contributed by atoms with Crippen LogP contribution in [-0.4, -0.2) is 44.5 Å². The van der Waals surface area contributed by atoms with Crippen LogP contribution in [0.5, 0.6) is 5.75 Å². The van der Waals surface area contributed by atoms with Gasteiger partial charge in [-0.15, -0.1) is 0 Å². The average molecular weight is 388 g/mol. The van der Waals surface area contributed by atoms with Crippen molar-refractivity contribution in [3.05, 3.63) is 59.7 Å². The molecule has 0 aromatic heterocycles. The minimum Gasteiger partial charge on any atom is -0.492 e. The van der Waals surface area contributed by atoms with E-state index in [0.717, 1.165) is 6.42 Å². The zero-order valence-corrected chi connectivity index (χ0v) is 16.3. The molecule has 1 aliphatic rings. The molecular formula is C20H24N2O4S. The van der Waals surface area contributed by atoms with Gasteiger partial charge in [-0.1, -0.05) is 30.3 Å². The Morgan fingerprint density at radius 1 is 1.22 bits per heavy atom. The molecule has 0 radical (unpaired) electrons. The molecule has 7 heteroatoms. The lowest BCUT2D eigenvalue weighted by atomic mass is 9.94. The van der Waals surface area contributed by atoms with E-state index in [2.05, 4.69) is 17.4 Å². The molecule has 1 atom stereocenters. The highest BCUT2D eigenvalue weighted by Gasteiger charge is 2.27. The molecule has 3 rings (SSSR count). The van der Waals surface area contributed by atoms with Crippen LogP contribution in [0.3, 0.4) is 0 Å². The van der Waals surface area contributed by atoms with Gasteiger partial charge in [0.1, 0.15) is 12.4 Å². The monoisotopic (exact) mass is 388 g/mol. The van der Waals surface area contributed by atoms with Crippen LogP contribution in [0.1, 0.15) is 24.1 Å². The number of sulfone groups is 1. The fraction of sp³-hybridized carbons (Fsp3) is 0.350. The number of hydrogen-bond acceptors (Lipinski definition) is 4. The van der Waals surface area contributed by atoms with E-state index in [1.54, 1.807) is 24.3 Å². The second-order valence-corrected chi connectivity index (χ2v) is 9.01. The summed E-state index contributed by atoms with van der Waals surface area (Å²) < 4.78 is 27.8. The third kappa shape index (κ3) is 5.01. The Hall–Kier alpha value is -2.54. The third-order valence-corrected chi connectivity index (χ3v) is 5.57. The lowest BCUT2D eigenvalue weighted by Crippen LogP contribution is -2.41. The van der Waals surface area contributed by atoms with E-state index in [1.165, 1.54) is 17.4 Å². The number of benzene rings is 2. The van der Waals surface area contributed by atoms with Gasteiger partial charge in [0, 0.05) is 24.6 Å². The fourth-order valence-corrected chi connectivity index (χ4v) is 3.61. The van der Waals surface area contributed by atoms with Gasteiger partial charge >= 0.3 is 6.03 Å². The topological polar surface area (TPSA) is 75.7 Å². The Bertz CT molecular complexity index is 927. The molecule has 0 spiro atoms. The summed E-state index contributed by atoms with van der Waals surface area (Å²) in [6.07, 6.45) is 2.01. The van der Waals surface area contributed by atoms with Crippen LogP contribution in [0.25, 0.3) is 0 Å². The van der Waals surface area contributed by atoms with Crippen LogP contribution in [0.4, 0.5) is 10.5 Å². The van der Waals surface area contributed by atoms with Crippen molar-refractivity contribution in [2.75, 3.05) is 30.5 Å². The number of anilines is 1. The van der Waals surface area contributed by atoms with Crippen molar-refractivity contribution < 1.29 is 17.9 Å². The summed E-state index contributed by atoms with van der Waals surface area (Å²) in [5, 5.41) is 2.91. The Labute approximate surface area is 160 Å². The summed E-state index contributed by atoms with van der Waals surface area (Å²) >= 11 is 0. The number of rotatable bonds is 5. The zero-order valence-electron chi connectivity index (χ0n) is 15.5. The van der Waals surface area contributed by atoms with Crippen molar-refractivity contribution in [3.63, 3.8) is 0 Å². The molecule has 1 N–H and O–H groups in total. The number of nitrogens with one attached hydrogen (secondary N) is 1. The van der Waals surface area contributed by atoms with Crippen molar-refractivity contribution in [3.8, 4) is 5.75 Å². The van der Waals surface area contributed by atoms with Crippen LogP contribution in [0.15, 0.2) is 48.5 Å². The number of carbonyl (C=O) groups excluding carboxylic acids is 1. The predicted molar refractivity (Wildman–Crippen MR) is 106 cm³/mol. The van der Waals surface area contributed by atoms with Crippen LogP contribution < -0.4 is 10.1 Å². The summed E-state index contributed by atoms with van der Waals surface area (Å²) in [5.74, 6) is 0.474. The lowest BCUT2D eigenvalue weighted by Gasteiger charge is -2.35. The standard InChI is InChI=1S/C20H24N2O4S/c1-15-19-9-4-3-6-16(19)10-11-22(15)20(23)21-17-7-5-8-18(14-17)26-12-13-27(2,24)25/h3-9,14-15H,10-13H2,1-2H3,(H,21,23). The van der Waals surface area contributed by atoms with E-state index >= 15 is 0 Å². The summed E-state index contributed by atoms with van der Waals surface area (Å²) in [5.41, 5.74) is 3.08. The van der Waals surface area contributed by atoms with Gasteiger partial charge in [-0.05, 0) is 36.6 Å². The van der Waals surface area contributed by atoms with Gasteiger partial charge in [0.2, 0.25) is 0 Å². The first-order chi connectivity index (χ1) is 12.8. The second-order valence-electron chi connectivity index (χ2n) is 6.75. The molecule has 2 aromatic rings. The Kier molecular flexibility index (Phi) is 5.70. The molecule has 1 heterocycles. The first-order valence-electron chi connectivity index (χ1n) is 8.89. The number of carbonyl (C=O) groups is 1. The molecule has 1 aliphatic heterocycles. The molecule has 0 aliphatic carbocycles. The van der Waals surface area contributed by atoms with E-state index in [-0.39, 0.29) is 24.4 Å². The molecule has 144 valence electrons. The maximum absolute atomic E-state index is 12.7. The normalized spacial score (nSPS) is 16.5. The molecule has 27 heavy (non-hydrogen) atoms. The van der Waals surface area contributed by atoms with Crippen molar-refractivity contribution in [2.24, 2.45) is 0 Å². The molecule has 2 aromatic carbocycles. The van der Waals surface area contributed by atoms with Crippen LogP contribution >= 0.6 is 0 Å². The van der Waals surface area contributed by atoms with Gasteiger partial charge in [0.15, 0.2) is 9.84 Å². The van der Waals surface area contributed by atoms with Gasteiger partial charge < -0.3 is 15.0 Å². The average Bonchev–Trinajstić information content (AvgIpc) is 2.61. The first-order valence-corrected chi connectivity index (χ1v) is 11.0. The first kappa shape index (κ1) is 19.2. The highest BCUT2D eigenvalue weighted by atomic mass is 32.2. The highest BCUT2D eigenvalue weighted by molar-refractivity contribution is 7.90. The Morgan fingerprint density at radius 3 is 2.78 bits per heavy atom. The van der Waals surface area contributed by atoms with Crippen molar-refractivity contribution in [2.45, 2.75) is 19.4 Å². The van der Waals surface area contributed by atoms with Crippen LogP contribution in [0, 0.1) is 0 Å². The van der Waals surface area contributed by atoms with E-state index < -0.39 is 9.84 Å². The van der Waals surface area contributed by atoms with E-state index in [0.29, 0.717) is 18.0 Å². The number of amides is 2. The number of hydrogen-bond donors (Lipinski definition) is 1. The van der Waals surface area contributed by atoms with Gasteiger partial charge in [-0.25, -0.2) is 13.2 Å². The fourth-order valence-electron chi connectivity index (χ4n) is 3.22. The SMILES string of the molecule is CC1c2ccccc2CCN1C(=O)Nc1cccc(OCCS(C)(=O)=O)c1. The molecule has 2 amide bonds. The van der Waals surface area contributed by atoms with E-state index in [9.17, 15) is 13.2 Å². The molecule has 0 saturated heterocycles. The minimum atomic E-state index is -3.07. The highest BCUT2D eigenvalue weighted by Crippen LogP contribution is 2.29. The van der Waals surface area contributed by atoms with Crippen molar-refractivity contribution in [1.82, 2.24) is 4.90 Å². The molecule has 0 bridgehead atoms. The second kappa shape index (κ2) is 8.00. The third-order valence-electron chi connectivity index (χ3n) is 4.66. The summed E-state index contributed by atoms with van der Waals surface area (Å²) in [6, 6.07) is 15.0. The minimum absolute atomic E-state index is 0.00384. The van der Waals surface area contributed by atoms with Crippen molar-refractivity contribution in [1.29, 1.82) is 0 Å². The Morgan fingerprint density at radius 2 is 2.00 bits per heavy atom. The van der Waals surface area contributed by atoms with Gasteiger partial charge in [-0.2, -0.15) is 0 Å². The maximum Gasteiger partial charge on any atom is 0.322 e. The molecule has 0 fully saturated rings. The van der Waals surface area contributed by atoms with Crippen molar-refractivity contribution >= 4 is 21.6 Å². The molecule has 1 unspecified atom stereocenters. The molecule has 6 nitrogen and oxygen atoms in total. The molecular weight excluding hydrogens is 364 g/mol. The largest absolute Gasteiger partial charge is 0.492 e. The maximum atomic E-state index is 12.7. The van der Waals surface area contributed by atoms with Gasteiger partial charge in [-0.3, -0.25) is 0 Å². The summed E-state index contributed by atoms with van der Waals surface area (Å²) in [4.78, 5) is 14.6. The van der Waals surface area contributed by atoms with E-state index in [1.807, 2.05) is 24.0 Å². The summed E-state index contributed by atoms with van der Waals surface area (Å²) in [6.45, 7) is 2.77. The van der Waals surface area contributed by atoms with Gasteiger partial charge in [0.05, 0.1) is 11.8 Å². The van der Waals surface area contributed by atoms with Gasteiger partial charge in [0.25, 0.3) is 0 Å². The smallest absolute Gasteiger partial charge is 0.322 e. The summed E-state index contributed by atoms with van der Waals surface area (Å²) in [7, 11) is -3.07. The number of ether oxygens (including phenoxy) is 1. The van der Waals surface area contributed by atoms with Crippen LogP contribution in [0.2, 0.25) is 0 Å². The molecule has 0 saturated carbocycles. The van der Waals surface area contributed by atoms with Crippen LogP contribution in [-0.2, 0) is 16.3 Å².